The summed E-state index contributed by atoms with van der Waals surface area (Å²) in [6.07, 6.45) is 1.55. The third-order valence-electron chi connectivity index (χ3n) is 3.15. The number of nitrogens with one attached hydrogen (secondary N) is 1. The third kappa shape index (κ3) is 3.71. The van der Waals surface area contributed by atoms with E-state index < -0.39 is 35.4 Å². The van der Waals surface area contributed by atoms with E-state index in [4.69, 9.17) is 4.74 Å². The summed E-state index contributed by atoms with van der Waals surface area (Å²) in [5, 5.41) is 2.16. The lowest BCUT2D eigenvalue weighted by Crippen LogP contribution is -2.23. The van der Waals surface area contributed by atoms with Gasteiger partial charge in [-0.1, -0.05) is 0 Å². The number of anilines is 1. The summed E-state index contributed by atoms with van der Waals surface area (Å²) < 4.78 is 45.7. The third-order valence-corrected chi connectivity index (χ3v) is 3.15. The van der Waals surface area contributed by atoms with Crippen molar-refractivity contribution in [3.63, 3.8) is 0 Å². The van der Waals surface area contributed by atoms with Crippen LogP contribution in [0.25, 0.3) is 0 Å². The number of pyridine rings is 1. The van der Waals surface area contributed by atoms with Crippen LogP contribution in [0.1, 0.15) is 5.69 Å². The molecule has 0 aliphatic carbocycles. The van der Waals surface area contributed by atoms with E-state index in [2.05, 4.69) is 5.32 Å². The number of rotatable bonds is 4. The lowest BCUT2D eigenvalue weighted by atomic mass is 10.3. The van der Waals surface area contributed by atoms with E-state index in [0.717, 1.165) is 0 Å². The molecule has 1 amide bonds. The molecule has 2 aromatic rings. The Hall–Kier alpha value is -2.77. The van der Waals surface area contributed by atoms with Gasteiger partial charge in [0.15, 0.2) is 29.8 Å². The fraction of sp³-hybridized carbons (Fsp3) is 0.200. The number of halogens is 3. The van der Waals surface area contributed by atoms with Crippen LogP contribution in [0.15, 0.2) is 29.2 Å². The van der Waals surface area contributed by atoms with Crippen molar-refractivity contribution in [1.29, 1.82) is 0 Å². The molecule has 1 aromatic heterocycles. The van der Waals surface area contributed by atoms with Crippen molar-refractivity contribution in [3.05, 3.63) is 57.8 Å². The maximum absolute atomic E-state index is 13.0. The molecule has 0 saturated heterocycles. The molecule has 1 heterocycles. The van der Waals surface area contributed by atoms with Crippen LogP contribution in [0.5, 0.6) is 5.75 Å². The molecular weight excluding hydrogens is 313 g/mol. The van der Waals surface area contributed by atoms with E-state index in [9.17, 15) is 22.8 Å². The molecule has 0 bridgehead atoms. The summed E-state index contributed by atoms with van der Waals surface area (Å²) in [5.41, 5.74) is -0.135. The zero-order chi connectivity index (χ0) is 17.1. The fourth-order valence-electron chi connectivity index (χ4n) is 1.84. The van der Waals surface area contributed by atoms with Crippen molar-refractivity contribution >= 4 is 11.6 Å². The van der Waals surface area contributed by atoms with Crippen molar-refractivity contribution in [2.75, 3.05) is 11.9 Å². The predicted molar refractivity (Wildman–Crippen MR) is 76.9 cm³/mol. The molecule has 0 spiro atoms. The summed E-state index contributed by atoms with van der Waals surface area (Å²) in [7, 11) is 1.70. The lowest BCUT2D eigenvalue weighted by molar-refractivity contribution is -0.118. The van der Waals surface area contributed by atoms with E-state index >= 15 is 0 Å². The number of aromatic nitrogens is 1. The Labute approximate surface area is 129 Å². The predicted octanol–water partition coefficient (Wildman–Crippen LogP) is 2.13. The van der Waals surface area contributed by atoms with Crippen LogP contribution in [0, 0.1) is 24.4 Å². The topological polar surface area (TPSA) is 60.3 Å². The van der Waals surface area contributed by atoms with Crippen LogP contribution in [-0.2, 0) is 11.8 Å². The number of hydrogen-bond donors (Lipinski definition) is 1. The highest BCUT2D eigenvalue weighted by atomic mass is 19.2. The molecule has 5 nitrogen and oxygen atoms in total. The molecule has 2 rings (SSSR count). The van der Waals surface area contributed by atoms with Gasteiger partial charge in [-0.3, -0.25) is 9.59 Å². The minimum absolute atomic E-state index is 0.00150. The van der Waals surface area contributed by atoms with E-state index in [0.29, 0.717) is 17.8 Å². The molecular formula is C15H13F3N2O3. The molecule has 8 heteroatoms. The minimum atomic E-state index is -1.62. The molecule has 122 valence electrons. The maximum atomic E-state index is 13.0. The maximum Gasteiger partial charge on any atom is 0.262 e. The molecule has 0 saturated carbocycles. The van der Waals surface area contributed by atoms with Gasteiger partial charge in [-0.25, -0.2) is 13.2 Å². The van der Waals surface area contributed by atoms with Gasteiger partial charge in [-0.15, -0.1) is 0 Å². The number of carbonyl (C=O) groups excluding carboxylic acids is 1. The smallest absolute Gasteiger partial charge is 0.262 e. The number of aryl methyl sites for hydroxylation is 1. The van der Waals surface area contributed by atoms with E-state index in [-0.39, 0.29) is 11.4 Å². The van der Waals surface area contributed by atoms with Gasteiger partial charge in [0.05, 0.1) is 5.69 Å². The molecule has 0 fully saturated rings. The van der Waals surface area contributed by atoms with Crippen molar-refractivity contribution in [2.24, 2.45) is 7.05 Å². The van der Waals surface area contributed by atoms with Crippen LogP contribution in [0.2, 0.25) is 0 Å². The Bertz CT molecular complexity index is 795. The summed E-state index contributed by atoms with van der Waals surface area (Å²) in [6, 6.07) is 2.57. The second-order valence-corrected chi connectivity index (χ2v) is 4.80. The Morgan fingerprint density at radius 2 is 1.87 bits per heavy atom. The lowest BCUT2D eigenvalue weighted by Gasteiger charge is -2.11. The second-order valence-electron chi connectivity index (χ2n) is 4.80. The van der Waals surface area contributed by atoms with Gasteiger partial charge in [-0.2, -0.15) is 0 Å². The first-order valence-corrected chi connectivity index (χ1v) is 6.53. The van der Waals surface area contributed by atoms with Gasteiger partial charge in [0.1, 0.15) is 0 Å². The van der Waals surface area contributed by atoms with Crippen molar-refractivity contribution in [2.45, 2.75) is 6.92 Å². The van der Waals surface area contributed by atoms with Gasteiger partial charge in [0.25, 0.3) is 5.91 Å². The number of nitrogens with zero attached hydrogens (tertiary/aromatic N) is 1. The average Bonchev–Trinajstić information content (AvgIpc) is 2.48. The van der Waals surface area contributed by atoms with Crippen molar-refractivity contribution in [3.8, 4) is 5.75 Å². The van der Waals surface area contributed by atoms with E-state index in [1.54, 1.807) is 24.7 Å². The van der Waals surface area contributed by atoms with Crippen molar-refractivity contribution < 1.29 is 22.7 Å². The zero-order valence-electron chi connectivity index (χ0n) is 12.3. The van der Waals surface area contributed by atoms with Crippen LogP contribution in [-0.4, -0.2) is 17.1 Å². The summed E-state index contributed by atoms with van der Waals surface area (Å²) >= 11 is 0. The van der Waals surface area contributed by atoms with Crippen LogP contribution in [0.3, 0.4) is 0 Å². The molecule has 0 radical (unpaired) electrons. The average molecular weight is 326 g/mol. The number of hydrogen-bond acceptors (Lipinski definition) is 3. The first kappa shape index (κ1) is 16.6. The molecule has 0 aliphatic heterocycles. The SMILES string of the molecule is Cc1c(OCC(=O)Nc2cc(F)c(F)c(F)c2)c(=O)ccn1C. The Balaban J connectivity index is 2.07. The van der Waals surface area contributed by atoms with Crippen molar-refractivity contribution in [1.82, 2.24) is 4.57 Å². The molecule has 0 unspecified atom stereocenters. The zero-order valence-corrected chi connectivity index (χ0v) is 12.3. The molecule has 0 aliphatic rings. The van der Waals surface area contributed by atoms with Gasteiger partial charge in [0, 0.05) is 37.1 Å². The standard InChI is InChI=1S/C15H13F3N2O3/c1-8-15(12(21)3-4-20(8)2)23-7-13(22)19-9-5-10(16)14(18)11(17)6-9/h3-6H,7H2,1-2H3,(H,19,22). The highest BCUT2D eigenvalue weighted by Gasteiger charge is 2.13. The van der Waals surface area contributed by atoms with E-state index in [1.165, 1.54) is 6.07 Å². The van der Waals surface area contributed by atoms with Crippen LogP contribution >= 0.6 is 0 Å². The molecule has 0 atom stereocenters. The summed E-state index contributed by atoms with van der Waals surface area (Å²) in [4.78, 5) is 23.4. The minimum Gasteiger partial charge on any atom is -0.478 e. The first-order chi connectivity index (χ1) is 10.8. The summed E-state index contributed by atoms with van der Waals surface area (Å²) in [6.45, 7) is 1.10. The second kappa shape index (κ2) is 6.55. The van der Waals surface area contributed by atoms with Crippen LogP contribution in [0.4, 0.5) is 18.9 Å². The first-order valence-electron chi connectivity index (χ1n) is 6.53. The Morgan fingerprint density at radius 3 is 2.48 bits per heavy atom. The van der Waals surface area contributed by atoms with E-state index in [1.807, 2.05) is 0 Å². The molecule has 1 aromatic carbocycles. The fourth-order valence-corrected chi connectivity index (χ4v) is 1.84. The van der Waals surface area contributed by atoms with Gasteiger partial charge in [-0.05, 0) is 6.92 Å². The van der Waals surface area contributed by atoms with Gasteiger partial charge >= 0.3 is 0 Å². The number of amides is 1. The van der Waals surface area contributed by atoms with Gasteiger partial charge in [0.2, 0.25) is 5.43 Å². The van der Waals surface area contributed by atoms with Crippen LogP contribution < -0.4 is 15.5 Å². The number of carbonyl (C=O) groups is 1. The molecule has 1 N–H and O–H groups in total. The number of ether oxygens (including phenoxy) is 1. The molecule has 23 heavy (non-hydrogen) atoms. The van der Waals surface area contributed by atoms with Gasteiger partial charge < -0.3 is 14.6 Å². The largest absolute Gasteiger partial charge is 0.478 e. The quantitative estimate of drug-likeness (QED) is 0.876. The highest BCUT2D eigenvalue weighted by Crippen LogP contribution is 2.17. The summed E-state index contributed by atoms with van der Waals surface area (Å²) in [5.74, 6) is -5.21. The normalized spacial score (nSPS) is 10.5. The monoisotopic (exact) mass is 326 g/mol. The Kier molecular flexibility index (Phi) is 4.73. The highest BCUT2D eigenvalue weighted by molar-refractivity contribution is 5.91. The Morgan fingerprint density at radius 1 is 1.26 bits per heavy atom. The number of benzene rings is 1.